The summed E-state index contributed by atoms with van der Waals surface area (Å²) >= 11 is 5.88. The highest BCUT2D eigenvalue weighted by Crippen LogP contribution is 2.28. The van der Waals surface area contributed by atoms with Crippen molar-refractivity contribution in [3.05, 3.63) is 28.8 Å². The van der Waals surface area contributed by atoms with Gasteiger partial charge < -0.3 is 4.74 Å². The molecule has 0 saturated carbocycles. The number of amides is 1. The Bertz CT molecular complexity index is 368. The molecule has 0 aliphatic carbocycles. The average Bonchev–Trinajstić information content (AvgIpc) is 2.26. The molecule has 0 fully saturated rings. The fourth-order valence-corrected chi connectivity index (χ4v) is 1.39. The second-order valence-corrected chi connectivity index (χ2v) is 3.21. The Kier molecular flexibility index (Phi) is 3.94. The summed E-state index contributed by atoms with van der Waals surface area (Å²) < 4.78 is 5.06. The highest BCUT2D eigenvalue weighted by molar-refractivity contribution is 6.32. The molecule has 1 aromatic carbocycles. The van der Waals surface area contributed by atoms with Gasteiger partial charge >= 0.3 is 0 Å². The van der Waals surface area contributed by atoms with Crippen molar-refractivity contribution < 1.29 is 14.4 Å². The van der Waals surface area contributed by atoms with Gasteiger partial charge in [0.05, 0.1) is 24.8 Å². The number of halogens is 1. The fraction of sp³-hybridized carbons (Fsp3) is 0.300. The number of nitrogens with zero attached hydrogens (tertiary/aromatic N) is 1. The van der Waals surface area contributed by atoms with Gasteiger partial charge in [-0.2, -0.15) is 0 Å². The van der Waals surface area contributed by atoms with Crippen molar-refractivity contribution in [3.8, 4) is 5.75 Å². The van der Waals surface area contributed by atoms with Crippen molar-refractivity contribution in [1.29, 1.82) is 0 Å². The number of methoxy groups -OCH3 is 1. The minimum atomic E-state index is -0.308. The number of hydrogen-bond acceptors (Lipinski definition) is 3. The summed E-state index contributed by atoms with van der Waals surface area (Å²) in [7, 11) is 4.39. The minimum Gasteiger partial charge on any atom is -0.494 e. The van der Waals surface area contributed by atoms with E-state index in [2.05, 4.69) is 0 Å². The lowest BCUT2D eigenvalue weighted by atomic mass is 10.2. The molecule has 0 atom stereocenters. The minimum absolute atomic E-state index is 0.308. The molecule has 0 aromatic heterocycles. The molecule has 0 bridgehead atoms. The standard InChI is InChI=1S/C10H12ClNO3/c1-12(15-3)10(13)7-5-4-6-8(11)9(7)14-2/h4-6H,1-3H3. The summed E-state index contributed by atoms with van der Waals surface area (Å²) in [5.74, 6) is 0.0462. The zero-order chi connectivity index (χ0) is 11.4. The largest absolute Gasteiger partial charge is 0.494 e. The van der Waals surface area contributed by atoms with Crippen LogP contribution in [0.1, 0.15) is 10.4 Å². The Balaban J connectivity index is 3.13. The van der Waals surface area contributed by atoms with Crippen LogP contribution in [0.3, 0.4) is 0 Å². The molecule has 1 rings (SSSR count). The van der Waals surface area contributed by atoms with Gasteiger partial charge in [0.2, 0.25) is 0 Å². The van der Waals surface area contributed by atoms with E-state index in [1.807, 2.05) is 0 Å². The normalized spacial score (nSPS) is 9.87. The van der Waals surface area contributed by atoms with E-state index < -0.39 is 0 Å². The maximum Gasteiger partial charge on any atom is 0.280 e. The van der Waals surface area contributed by atoms with E-state index in [0.29, 0.717) is 16.3 Å². The van der Waals surface area contributed by atoms with Crippen molar-refractivity contribution in [2.45, 2.75) is 0 Å². The second-order valence-electron chi connectivity index (χ2n) is 2.81. The van der Waals surface area contributed by atoms with Crippen LogP contribution in [0.25, 0.3) is 0 Å². The van der Waals surface area contributed by atoms with Gasteiger partial charge in [0.25, 0.3) is 5.91 Å². The number of ether oxygens (including phenoxy) is 1. The van der Waals surface area contributed by atoms with Gasteiger partial charge in [0, 0.05) is 7.05 Å². The van der Waals surface area contributed by atoms with Crippen LogP contribution in [0, 0.1) is 0 Å². The first kappa shape index (κ1) is 11.8. The fourth-order valence-electron chi connectivity index (χ4n) is 1.14. The number of hydrogen-bond donors (Lipinski definition) is 0. The molecule has 5 heteroatoms. The van der Waals surface area contributed by atoms with Gasteiger partial charge in [-0.3, -0.25) is 9.63 Å². The zero-order valence-electron chi connectivity index (χ0n) is 8.78. The van der Waals surface area contributed by atoms with Gasteiger partial charge in [0.15, 0.2) is 0 Å². The highest BCUT2D eigenvalue weighted by atomic mass is 35.5. The predicted molar refractivity (Wildman–Crippen MR) is 57.1 cm³/mol. The molecule has 0 saturated heterocycles. The third-order valence-corrected chi connectivity index (χ3v) is 2.26. The van der Waals surface area contributed by atoms with E-state index in [0.717, 1.165) is 5.06 Å². The van der Waals surface area contributed by atoms with E-state index in [1.54, 1.807) is 18.2 Å². The Hall–Kier alpha value is -1.26. The Morgan fingerprint density at radius 2 is 2.07 bits per heavy atom. The first-order valence-corrected chi connectivity index (χ1v) is 4.64. The number of carbonyl (C=O) groups is 1. The third-order valence-electron chi connectivity index (χ3n) is 1.96. The van der Waals surface area contributed by atoms with Gasteiger partial charge in [-0.15, -0.1) is 0 Å². The van der Waals surface area contributed by atoms with Gasteiger partial charge in [-0.1, -0.05) is 17.7 Å². The molecule has 1 amide bonds. The highest BCUT2D eigenvalue weighted by Gasteiger charge is 2.18. The third kappa shape index (κ3) is 2.40. The zero-order valence-corrected chi connectivity index (χ0v) is 9.54. The topological polar surface area (TPSA) is 38.8 Å². The van der Waals surface area contributed by atoms with Crippen molar-refractivity contribution in [1.82, 2.24) is 5.06 Å². The molecule has 82 valence electrons. The Morgan fingerprint density at radius 3 is 2.60 bits per heavy atom. The maximum atomic E-state index is 11.8. The summed E-state index contributed by atoms with van der Waals surface area (Å²) in [5.41, 5.74) is 0.370. The maximum absolute atomic E-state index is 11.8. The molecule has 0 aliphatic rings. The van der Waals surface area contributed by atoms with Crippen LogP contribution in [0.2, 0.25) is 5.02 Å². The number of rotatable bonds is 3. The van der Waals surface area contributed by atoms with E-state index in [-0.39, 0.29) is 5.91 Å². The summed E-state index contributed by atoms with van der Waals surface area (Å²) in [6.45, 7) is 0. The molecule has 0 N–H and O–H groups in total. The number of benzene rings is 1. The molecular formula is C10H12ClNO3. The Morgan fingerprint density at radius 1 is 1.40 bits per heavy atom. The van der Waals surface area contributed by atoms with Crippen LogP contribution in [0.5, 0.6) is 5.75 Å². The van der Waals surface area contributed by atoms with Crippen molar-refractivity contribution >= 4 is 17.5 Å². The summed E-state index contributed by atoms with van der Waals surface area (Å²) in [5, 5.41) is 1.50. The molecule has 0 radical (unpaired) electrons. The quantitative estimate of drug-likeness (QED) is 0.744. The SMILES string of the molecule is COc1c(Cl)cccc1C(=O)N(C)OC. The lowest BCUT2D eigenvalue weighted by molar-refractivity contribution is -0.0758. The van der Waals surface area contributed by atoms with E-state index >= 15 is 0 Å². The summed E-state index contributed by atoms with van der Waals surface area (Å²) in [6.07, 6.45) is 0. The van der Waals surface area contributed by atoms with Crippen LogP contribution >= 0.6 is 11.6 Å². The molecule has 0 aliphatic heterocycles. The van der Waals surface area contributed by atoms with Gasteiger partial charge in [0.1, 0.15) is 5.75 Å². The smallest absolute Gasteiger partial charge is 0.280 e. The van der Waals surface area contributed by atoms with Gasteiger partial charge in [-0.05, 0) is 12.1 Å². The molecule has 0 unspecified atom stereocenters. The van der Waals surface area contributed by atoms with Crippen LogP contribution < -0.4 is 4.74 Å². The molecule has 0 heterocycles. The lowest BCUT2D eigenvalue weighted by Crippen LogP contribution is -2.25. The second kappa shape index (κ2) is 5.00. The van der Waals surface area contributed by atoms with Crippen LogP contribution in [0.4, 0.5) is 0 Å². The molecule has 15 heavy (non-hydrogen) atoms. The summed E-state index contributed by atoms with van der Waals surface area (Å²) in [6, 6.07) is 4.97. The number of carbonyl (C=O) groups excluding carboxylic acids is 1. The van der Waals surface area contributed by atoms with Crippen LogP contribution in [0.15, 0.2) is 18.2 Å². The monoisotopic (exact) mass is 229 g/mol. The molecular weight excluding hydrogens is 218 g/mol. The first-order valence-electron chi connectivity index (χ1n) is 4.26. The Labute approximate surface area is 93.3 Å². The molecule has 1 aromatic rings. The number of para-hydroxylation sites is 1. The summed E-state index contributed by atoms with van der Waals surface area (Å²) in [4.78, 5) is 16.6. The molecule has 0 spiro atoms. The van der Waals surface area contributed by atoms with Crippen molar-refractivity contribution in [3.63, 3.8) is 0 Å². The van der Waals surface area contributed by atoms with E-state index in [1.165, 1.54) is 21.3 Å². The van der Waals surface area contributed by atoms with Crippen LogP contribution in [-0.4, -0.2) is 32.2 Å². The van der Waals surface area contributed by atoms with Gasteiger partial charge in [-0.25, -0.2) is 5.06 Å². The van der Waals surface area contributed by atoms with E-state index in [9.17, 15) is 4.79 Å². The first-order chi connectivity index (χ1) is 7.11. The van der Waals surface area contributed by atoms with Crippen LogP contribution in [-0.2, 0) is 4.84 Å². The van der Waals surface area contributed by atoms with Crippen molar-refractivity contribution in [2.75, 3.05) is 21.3 Å². The average molecular weight is 230 g/mol. The predicted octanol–water partition coefficient (Wildman–Crippen LogP) is 1.98. The molecule has 4 nitrogen and oxygen atoms in total. The van der Waals surface area contributed by atoms with Crippen molar-refractivity contribution in [2.24, 2.45) is 0 Å². The number of hydroxylamine groups is 2. The van der Waals surface area contributed by atoms with E-state index in [4.69, 9.17) is 21.2 Å². The lowest BCUT2D eigenvalue weighted by Gasteiger charge is -2.16.